The summed E-state index contributed by atoms with van der Waals surface area (Å²) in [6.07, 6.45) is 10.2. The van der Waals surface area contributed by atoms with Gasteiger partial charge in [0.25, 0.3) is 0 Å². The maximum Gasteiger partial charge on any atom is 0.407 e. The third kappa shape index (κ3) is 5.89. The number of nitrogens with zero attached hydrogens (tertiary/aromatic N) is 3. The van der Waals surface area contributed by atoms with E-state index in [1.54, 1.807) is 0 Å². The number of ether oxygens (including phenoxy) is 1. The van der Waals surface area contributed by atoms with Crippen LogP contribution in [-0.4, -0.2) is 62.6 Å². The summed E-state index contributed by atoms with van der Waals surface area (Å²) in [5.41, 5.74) is 6.61. The van der Waals surface area contributed by atoms with Gasteiger partial charge in [0.1, 0.15) is 17.7 Å². The number of methoxy groups -OCH3 is 1. The van der Waals surface area contributed by atoms with E-state index in [1.807, 2.05) is 31.1 Å². The molecule has 1 spiro atoms. The van der Waals surface area contributed by atoms with Gasteiger partial charge in [-0.2, -0.15) is 0 Å². The Balaban J connectivity index is 0.905. The molecule has 2 bridgehead atoms. The van der Waals surface area contributed by atoms with Crippen molar-refractivity contribution < 1.29 is 14.3 Å². The van der Waals surface area contributed by atoms with Gasteiger partial charge in [-0.1, -0.05) is 62.4 Å². The molecule has 4 aliphatic rings. The van der Waals surface area contributed by atoms with Crippen LogP contribution in [0.2, 0.25) is 0 Å². The van der Waals surface area contributed by atoms with Crippen LogP contribution in [-0.2, 0) is 9.53 Å². The van der Waals surface area contributed by atoms with Gasteiger partial charge < -0.3 is 30.2 Å². The average molecular weight is 684 g/mol. The first kappa shape index (κ1) is 32.0. The molecule has 262 valence electrons. The molecule has 51 heavy (non-hydrogen) atoms. The van der Waals surface area contributed by atoms with Crippen molar-refractivity contribution in [2.24, 2.45) is 17.3 Å². The maximum atomic E-state index is 13.8. The number of amides is 2. The monoisotopic (exact) mass is 683 g/mol. The quantitative estimate of drug-likeness (QED) is 0.134. The average Bonchev–Trinajstić information content (AvgIpc) is 3.79. The number of piperidine rings is 1. The minimum Gasteiger partial charge on any atom is -0.453 e. The molecule has 4 heterocycles. The van der Waals surface area contributed by atoms with Crippen molar-refractivity contribution in [3.05, 3.63) is 84.7 Å². The number of alkyl carbamates (subject to hydrolysis) is 1. The number of hydrogen-bond acceptors (Lipinski definition) is 6. The summed E-state index contributed by atoms with van der Waals surface area (Å²) in [4.78, 5) is 44.5. The van der Waals surface area contributed by atoms with Gasteiger partial charge in [0, 0.05) is 18.2 Å². The second-order valence-corrected chi connectivity index (χ2v) is 15.7. The van der Waals surface area contributed by atoms with Crippen molar-refractivity contribution in [2.75, 3.05) is 13.7 Å². The molecule has 0 radical (unpaired) electrons. The SMILES string of the molecule is COC(=O)NC(C(=O)N1CC2(CC2)CC1c1ncc(-c2ccc(-c3ccc4cc(-c5cnc(C6NC7CCC6C7)[nH]5)ccc4c3)cc2)[nH]1)C(C)C. The zero-order chi connectivity index (χ0) is 34.9. The number of benzene rings is 3. The fourth-order valence-electron chi connectivity index (χ4n) is 8.84. The second kappa shape index (κ2) is 12.4. The number of aromatic amines is 2. The summed E-state index contributed by atoms with van der Waals surface area (Å²) in [6, 6.07) is 22.0. The van der Waals surface area contributed by atoms with Gasteiger partial charge in [-0.05, 0) is 95.4 Å². The summed E-state index contributed by atoms with van der Waals surface area (Å²) in [5.74, 6) is 2.38. The van der Waals surface area contributed by atoms with E-state index in [-0.39, 0.29) is 23.3 Å². The predicted octanol–water partition coefficient (Wildman–Crippen LogP) is 7.53. The summed E-state index contributed by atoms with van der Waals surface area (Å²) < 4.78 is 4.81. The number of imidazole rings is 2. The lowest BCUT2D eigenvalue weighted by Gasteiger charge is -2.30. The largest absolute Gasteiger partial charge is 0.453 e. The first-order chi connectivity index (χ1) is 24.8. The van der Waals surface area contributed by atoms with E-state index in [4.69, 9.17) is 14.7 Å². The molecular weight excluding hydrogens is 638 g/mol. The number of fused-ring (bicyclic) bond motifs is 3. The van der Waals surface area contributed by atoms with Gasteiger partial charge in [0.05, 0.1) is 43.0 Å². The number of carbonyl (C=O) groups excluding carboxylic acids is 2. The van der Waals surface area contributed by atoms with E-state index in [2.05, 4.69) is 81.3 Å². The van der Waals surface area contributed by atoms with E-state index in [9.17, 15) is 9.59 Å². The molecule has 5 atom stereocenters. The molecule has 2 aliphatic heterocycles. The lowest BCUT2D eigenvalue weighted by atomic mass is 9.98. The molecule has 5 unspecified atom stereocenters. The topological polar surface area (TPSA) is 128 Å². The van der Waals surface area contributed by atoms with E-state index in [0.717, 1.165) is 64.6 Å². The van der Waals surface area contributed by atoms with Crippen LogP contribution in [0.1, 0.15) is 76.1 Å². The zero-order valence-corrected chi connectivity index (χ0v) is 29.4. The van der Waals surface area contributed by atoms with E-state index in [0.29, 0.717) is 24.5 Å². The molecule has 10 nitrogen and oxygen atoms in total. The number of H-pyrrole nitrogens is 2. The first-order valence-corrected chi connectivity index (χ1v) is 18.4. The van der Waals surface area contributed by atoms with Crippen molar-refractivity contribution in [2.45, 2.75) is 76.5 Å². The molecule has 3 aromatic carbocycles. The normalized spacial score (nSPS) is 23.7. The third-order valence-electron chi connectivity index (χ3n) is 12.0. The van der Waals surface area contributed by atoms with Gasteiger partial charge in [-0.25, -0.2) is 14.8 Å². The Morgan fingerprint density at radius 1 is 0.863 bits per heavy atom. The Hall–Kier alpha value is -4.96. The minimum absolute atomic E-state index is 0.0803. The van der Waals surface area contributed by atoms with Crippen LogP contribution < -0.4 is 10.6 Å². The highest BCUT2D eigenvalue weighted by Gasteiger charge is 2.55. The number of hydrogen-bond donors (Lipinski definition) is 4. The van der Waals surface area contributed by atoms with Crippen LogP contribution in [0, 0.1) is 17.3 Å². The van der Waals surface area contributed by atoms with Gasteiger partial charge >= 0.3 is 6.09 Å². The van der Waals surface area contributed by atoms with Gasteiger partial charge in [0.15, 0.2) is 0 Å². The summed E-state index contributed by atoms with van der Waals surface area (Å²) in [7, 11) is 1.32. The highest BCUT2D eigenvalue weighted by molar-refractivity contribution is 5.91. The zero-order valence-electron chi connectivity index (χ0n) is 29.4. The lowest BCUT2D eigenvalue weighted by molar-refractivity contribution is -0.135. The van der Waals surface area contributed by atoms with Crippen molar-refractivity contribution >= 4 is 22.8 Å². The second-order valence-electron chi connectivity index (χ2n) is 15.7. The third-order valence-corrected chi connectivity index (χ3v) is 12.0. The van der Waals surface area contributed by atoms with Crippen LogP contribution in [0.15, 0.2) is 73.1 Å². The molecule has 2 saturated heterocycles. The summed E-state index contributed by atoms with van der Waals surface area (Å²) in [6.45, 7) is 4.56. The highest BCUT2D eigenvalue weighted by Crippen LogP contribution is 2.58. The standard InChI is InChI=1S/C41H45N7O3/c1-23(2)35(47-40(50)51-3)39(49)48-22-41(14-15-41)19-34(48)37-42-20-32(45-37)25-6-4-24(5-7-25)26-8-9-28-17-29(11-10-27(28)16-26)33-21-43-38(46-33)36-30-12-13-31(18-30)44-36/h4-11,16-17,20-21,23,30-31,34-36,44H,12-15,18-19,22H2,1-3H3,(H,42,45)(H,43,46)(H,47,50). The molecule has 10 heteroatoms. The van der Waals surface area contributed by atoms with Gasteiger partial charge in [0.2, 0.25) is 5.91 Å². The molecule has 5 aromatic rings. The van der Waals surface area contributed by atoms with E-state index in [1.165, 1.54) is 37.1 Å². The number of rotatable bonds is 8. The van der Waals surface area contributed by atoms with E-state index < -0.39 is 12.1 Å². The number of nitrogens with one attached hydrogen (secondary N) is 4. The van der Waals surface area contributed by atoms with Crippen LogP contribution in [0.5, 0.6) is 0 Å². The Morgan fingerprint density at radius 3 is 2.18 bits per heavy atom. The Morgan fingerprint density at radius 2 is 1.51 bits per heavy atom. The minimum atomic E-state index is -0.661. The molecule has 2 saturated carbocycles. The van der Waals surface area contributed by atoms with Gasteiger partial charge in [-0.3, -0.25) is 4.79 Å². The Labute approximate surface area is 297 Å². The molecule has 9 rings (SSSR count). The summed E-state index contributed by atoms with van der Waals surface area (Å²) >= 11 is 0. The maximum absolute atomic E-state index is 13.8. The molecule has 4 fully saturated rings. The smallest absolute Gasteiger partial charge is 0.407 e. The van der Waals surface area contributed by atoms with Crippen molar-refractivity contribution in [3.8, 4) is 33.6 Å². The number of carbonyl (C=O) groups is 2. The van der Waals surface area contributed by atoms with Crippen LogP contribution >= 0.6 is 0 Å². The Bertz CT molecular complexity index is 2110. The number of likely N-dealkylation sites (tertiary alicyclic amines) is 1. The molecule has 2 aromatic heterocycles. The highest BCUT2D eigenvalue weighted by atomic mass is 16.5. The van der Waals surface area contributed by atoms with Crippen molar-refractivity contribution in [1.82, 2.24) is 35.5 Å². The van der Waals surface area contributed by atoms with Crippen molar-refractivity contribution in [1.29, 1.82) is 0 Å². The first-order valence-electron chi connectivity index (χ1n) is 18.4. The van der Waals surface area contributed by atoms with Crippen LogP contribution in [0.3, 0.4) is 0 Å². The molecule has 2 aliphatic carbocycles. The summed E-state index contributed by atoms with van der Waals surface area (Å²) in [5, 5.41) is 8.89. The van der Waals surface area contributed by atoms with Crippen molar-refractivity contribution in [3.63, 3.8) is 0 Å². The van der Waals surface area contributed by atoms with Gasteiger partial charge in [-0.15, -0.1) is 0 Å². The fraction of sp³-hybridized carbons (Fsp3) is 0.415. The number of aromatic nitrogens is 4. The molecular formula is C41H45N7O3. The van der Waals surface area contributed by atoms with Crippen LogP contribution in [0.25, 0.3) is 44.4 Å². The Kier molecular flexibility index (Phi) is 7.76. The molecule has 2 amide bonds. The lowest BCUT2D eigenvalue weighted by Crippen LogP contribution is -2.51. The van der Waals surface area contributed by atoms with Crippen LogP contribution in [0.4, 0.5) is 4.79 Å². The molecule has 4 N–H and O–H groups in total. The predicted molar refractivity (Wildman–Crippen MR) is 196 cm³/mol. The fourth-order valence-corrected chi connectivity index (χ4v) is 8.84. The van der Waals surface area contributed by atoms with E-state index >= 15 is 0 Å².